The van der Waals surface area contributed by atoms with Crippen LogP contribution in [-0.4, -0.2) is 33.1 Å². The quantitative estimate of drug-likeness (QED) is 0.161. The fourth-order valence-electron chi connectivity index (χ4n) is 10.0. The molecular formula is C50H49BN2O6. The summed E-state index contributed by atoms with van der Waals surface area (Å²) in [6, 6.07) is 24.3. The van der Waals surface area contributed by atoms with Crippen molar-refractivity contribution < 1.29 is 27.8 Å². The van der Waals surface area contributed by atoms with Gasteiger partial charge in [0.25, 0.3) is 6.71 Å². The molecule has 9 heteroatoms. The Kier molecular flexibility index (Phi) is 7.53. The van der Waals surface area contributed by atoms with E-state index in [1.165, 1.54) is 16.6 Å². The van der Waals surface area contributed by atoms with Crippen LogP contribution < -0.4 is 45.1 Å². The van der Waals surface area contributed by atoms with Crippen molar-refractivity contribution in [2.75, 3.05) is 36.2 Å². The molecular weight excluding hydrogens is 735 g/mol. The highest BCUT2D eigenvalue weighted by molar-refractivity contribution is 7.02. The van der Waals surface area contributed by atoms with Crippen molar-refractivity contribution in [3.05, 3.63) is 100 Å². The first-order valence-electron chi connectivity index (χ1n) is 20.9. The van der Waals surface area contributed by atoms with Crippen LogP contribution in [0.1, 0.15) is 74.9 Å². The smallest absolute Gasteiger partial charge is 0.262 e. The van der Waals surface area contributed by atoms with Crippen LogP contribution in [0.5, 0.6) is 23.0 Å². The third kappa shape index (κ3) is 5.09. The number of benzene rings is 5. The summed E-state index contributed by atoms with van der Waals surface area (Å²) in [5.74, 6) is 4.71. The van der Waals surface area contributed by atoms with Crippen LogP contribution in [0.3, 0.4) is 0 Å². The van der Waals surface area contributed by atoms with Crippen LogP contribution in [0.4, 0.5) is 34.5 Å². The summed E-state index contributed by atoms with van der Waals surface area (Å²) in [5.41, 5.74) is 15.8. The molecule has 0 amide bonds. The molecule has 11 rings (SSSR count). The first kappa shape index (κ1) is 36.1. The lowest BCUT2D eigenvalue weighted by Crippen LogP contribution is -2.61. The number of aryl methyl sites for hydroxylation is 2. The predicted octanol–water partition coefficient (Wildman–Crippen LogP) is 10.6. The van der Waals surface area contributed by atoms with Crippen molar-refractivity contribution >= 4 is 79.6 Å². The molecule has 0 unspecified atom stereocenters. The van der Waals surface area contributed by atoms with Gasteiger partial charge in [0.2, 0.25) is 11.8 Å². The molecule has 0 atom stereocenters. The van der Waals surface area contributed by atoms with E-state index in [-0.39, 0.29) is 17.5 Å². The third-order valence-electron chi connectivity index (χ3n) is 12.9. The lowest BCUT2D eigenvalue weighted by Gasteiger charge is -2.42. The number of fused-ring (bicyclic) bond motifs is 10. The fraction of sp³-hybridized carbons (Fsp3) is 0.320. The minimum Gasteiger partial charge on any atom is -0.486 e. The normalized spacial score (nSPS) is 15.5. The molecule has 0 aliphatic carbocycles. The molecule has 4 aliphatic rings. The van der Waals surface area contributed by atoms with E-state index in [0.29, 0.717) is 26.4 Å². The van der Waals surface area contributed by atoms with Crippen molar-refractivity contribution in [3.8, 4) is 23.0 Å². The van der Waals surface area contributed by atoms with Gasteiger partial charge in [-0.25, -0.2) is 0 Å². The standard InChI is InChI=1S/C50H49BN2O6/c1-26-22-38-45(56-20-18-54-38)28(3)43(26)52-34-12-11-13-35-42(34)51(40-32-24-30(49(5,6)7)14-16-36(32)58-47(40)52)41-33-25-31(50(8,9)10)15-17-37(33)59-48(41)53(35)44-27(2)23-39-46(29(44)4)57-21-19-55-39/h11-17,22-25H,18-21H2,1-10H3. The largest absolute Gasteiger partial charge is 0.486 e. The third-order valence-corrected chi connectivity index (χ3v) is 12.9. The maximum atomic E-state index is 7.20. The van der Waals surface area contributed by atoms with Gasteiger partial charge >= 0.3 is 0 Å². The summed E-state index contributed by atoms with van der Waals surface area (Å²) in [4.78, 5) is 4.69. The van der Waals surface area contributed by atoms with Crippen LogP contribution in [-0.2, 0) is 10.8 Å². The average Bonchev–Trinajstić information content (AvgIpc) is 3.77. The molecule has 6 heterocycles. The van der Waals surface area contributed by atoms with Crippen molar-refractivity contribution in [1.29, 1.82) is 0 Å². The van der Waals surface area contributed by atoms with Gasteiger partial charge in [-0.2, -0.15) is 0 Å². The molecule has 0 fully saturated rings. The second kappa shape index (κ2) is 12.3. The van der Waals surface area contributed by atoms with Gasteiger partial charge in [0.05, 0.1) is 11.4 Å². The second-order valence-electron chi connectivity index (χ2n) is 18.8. The molecule has 0 saturated heterocycles. The van der Waals surface area contributed by atoms with Gasteiger partial charge in [0.1, 0.15) is 37.6 Å². The Morgan fingerprint density at radius 1 is 0.508 bits per heavy atom. The monoisotopic (exact) mass is 784 g/mol. The number of ether oxygens (including phenoxy) is 4. The Labute approximate surface area is 345 Å². The van der Waals surface area contributed by atoms with Crippen molar-refractivity contribution in [2.24, 2.45) is 0 Å². The molecule has 8 nitrogen and oxygen atoms in total. The van der Waals surface area contributed by atoms with Crippen LogP contribution >= 0.6 is 0 Å². The second-order valence-corrected chi connectivity index (χ2v) is 18.8. The molecule has 298 valence electrons. The van der Waals surface area contributed by atoms with Crippen LogP contribution in [0.25, 0.3) is 21.9 Å². The minimum atomic E-state index is -0.220. The summed E-state index contributed by atoms with van der Waals surface area (Å²) in [6.45, 7) is 24.1. The first-order valence-corrected chi connectivity index (χ1v) is 20.9. The van der Waals surface area contributed by atoms with E-state index < -0.39 is 0 Å². The van der Waals surface area contributed by atoms with E-state index in [0.717, 1.165) is 113 Å². The van der Waals surface area contributed by atoms with Gasteiger partial charge in [-0.1, -0.05) is 59.7 Å². The Hall–Kier alpha value is -5.96. The first-order chi connectivity index (χ1) is 28.2. The highest BCUT2D eigenvalue weighted by Crippen LogP contribution is 2.53. The van der Waals surface area contributed by atoms with E-state index in [2.05, 4.69) is 146 Å². The molecule has 4 aliphatic heterocycles. The van der Waals surface area contributed by atoms with Crippen LogP contribution in [0.2, 0.25) is 0 Å². The molecule has 7 aromatic rings. The zero-order chi connectivity index (χ0) is 40.9. The van der Waals surface area contributed by atoms with Gasteiger partial charge in [-0.15, -0.1) is 0 Å². The molecule has 0 N–H and O–H groups in total. The average molecular weight is 785 g/mol. The molecule has 2 aromatic heterocycles. The van der Waals surface area contributed by atoms with Gasteiger partial charge < -0.3 is 27.8 Å². The maximum Gasteiger partial charge on any atom is 0.262 e. The number of hydrogen-bond donors (Lipinski definition) is 0. The summed E-state index contributed by atoms with van der Waals surface area (Å²) in [5, 5.41) is 2.20. The van der Waals surface area contributed by atoms with Gasteiger partial charge in [-0.3, -0.25) is 9.80 Å². The highest BCUT2D eigenvalue weighted by atomic mass is 16.6. The number of rotatable bonds is 2. The number of nitrogens with zero attached hydrogens (tertiary/aromatic N) is 2. The molecule has 5 aromatic carbocycles. The highest BCUT2D eigenvalue weighted by Gasteiger charge is 2.50. The topological polar surface area (TPSA) is 69.7 Å². The molecule has 0 saturated carbocycles. The summed E-state index contributed by atoms with van der Waals surface area (Å²) in [6.07, 6.45) is 0. The van der Waals surface area contributed by atoms with Crippen LogP contribution in [0, 0.1) is 27.7 Å². The van der Waals surface area contributed by atoms with E-state index in [1.54, 1.807) is 0 Å². The number of anilines is 6. The van der Waals surface area contributed by atoms with Crippen LogP contribution in [0.15, 0.2) is 75.6 Å². The number of furan rings is 2. The summed E-state index contributed by atoms with van der Waals surface area (Å²) < 4.78 is 39.4. The SMILES string of the molecule is Cc1cc2c(c(C)c1N1c3cccc4c3B(c3c1oc1ccc(C(C)(C)C)cc31)c1c(oc3ccc(C(C)(C)C)cc13)N4c1c(C)cc3c(c1C)OCCO3)OCCO2. The van der Waals surface area contributed by atoms with Crippen molar-refractivity contribution in [2.45, 2.75) is 80.1 Å². The molecule has 0 spiro atoms. The summed E-state index contributed by atoms with van der Waals surface area (Å²) in [7, 11) is 0. The fourth-order valence-corrected chi connectivity index (χ4v) is 10.0. The van der Waals surface area contributed by atoms with Gasteiger partial charge in [-0.05, 0) is 115 Å². The number of hydrogen-bond acceptors (Lipinski definition) is 8. The maximum absolute atomic E-state index is 7.20. The Bertz CT molecular complexity index is 2750. The van der Waals surface area contributed by atoms with Gasteiger partial charge in [0, 0.05) is 44.2 Å². The van der Waals surface area contributed by atoms with E-state index >= 15 is 0 Å². The lowest BCUT2D eigenvalue weighted by atomic mass is 9.33. The Balaban J connectivity index is 1.30. The summed E-state index contributed by atoms with van der Waals surface area (Å²) >= 11 is 0. The van der Waals surface area contributed by atoms with Gasteiger partial charge in [0.15, 0.2) is 23.0 Å². The Morgan fingerprint density at radius 3 is 1.36 bits per heavy atom. The lowest BCUT2D eigenvalue weighted by molar-refractivity contribution is 0.170. The van der Waals surface area contributed by atoms with E-state index in [1.807, 2.05) is 0 Å². The predicted molar refractivity (Wildman–Crippen MR) is 238 cm³/mol. The van der Waals surface area contributed by atoms with E-state index in [4.69, 9.17) is 27.8 Å². The van der Waals surface area contributed by atoms with E-state index in [9.17, 15) is 0 Å². The molecule has 0 bridgehead atoms. The van der Waals surface area contributed by atoms with Crippen molar-refractivity contribution in [1.82, 2.24) is 0 Å². The minimum absolute atomic E-state index is 0.0788. The molecule has 59 heavy (non-hydrogen) atoms. The van der Waals surface area contributed by atoms with Crippen molar-refractivity contribution in [3.63, 3.8) is 0 Å². The Morgan fingerprint density at radius 2 is 0.932 bits per heavy atom. The molecule has 0 radical (unpaired) electrons. The zero-order valence-corrected chi connectivity index (χ0v) is 35.6. The zero-order valence-electron chi connectivity index (χ0n) is 35.6.